The Labute approximate surface area is 119 Å². The number of hydrogen-bond donors (Lipinski definition) is 1. The number of allylic oxidation sites excluding steroid dienone is 1. The molecule has 3 aliphatic rings. The number of methoxy groups -OCH3 is 1. The summed E-state index contributed by atoms with van der Waals surface area (Å²) in [6.07, 6.45) is 7.88. The number of benzene rings is 1. The fourth-order valence-electron chi connectivity index (χ4n) is 4.63. The Bertz CT molecular complexity index is 595. The molecule has 4 rings (SSSR count). The molecule has 106 valence electrons. The van der Waals surface area contributed by atoms with Crippen LogP contribution < -0.4 is 15.2 Å². The highest BCUT2D eigenvalue weighted by Gasteiger charge is 2.58. The maximum atomic E-state index is 6.34. The first-order valence-electron chi connectivity index (χ1n) is 7.53. The van der Waals surface area contributed by atoms with Crippen LogP contribution in [0.25, 0.3) is 0 Å². The van der Waals surface area contributed by atoms with Crippen molar-refractivity contribution in [3.8, 4) is 11.5 Å². The van der Waals surface area contributed by atoms with Crippen molar-refractivity contribution in [2.24, 2.45) is 11.7 Å². The number of rotatable bonds is 2. The molecule has 0 amide bonds. The van der Waals surface area contributed by atoms with Gasteiger partial charge in [-0.1, -0.05) is 25.1 Å². The van der Waals surface area contributed by atoms with E-state index < -0.39 is 0 Å². The Kier molecular flexibility index (Phi) is 2.46. The van der Waals surface area contributed by atoms with Crippen LogP contribution in [0.2, 0.25) is 0 Å². The van der Waals surface area contributed by atoms with Gasteiger partial charge in [0.15, 0.2) is 11.5 Å². The van der Waals surface area contributed by atoms with Crippen LogP contribution in [0.3, 0.4) is 0 Å². The lowest BCUT2D eigenvalue weighted by atomic mass is 9.57. The summed E-state index contributed by atoms with van der Waals surface area (Å²) in [4.78, 5) is 0. The molecule has 1 aliphatic heterocycles. The van der Waals surface area contributed by atoms with Crippen LogP contribution in [0.1, 0.15) is 30.9 Å². The van der Waals surface area contributed by atoms with Gasteiger partial charge in [0, 0.05) is 11.0 Å². The SMILES string of the molecule is CC[C@]12c3c4ccc(OC)c3O[C@H]1[C@@H](N)C=CC2CC4. The van der Waals surface area contributed by atoms with Gasteiger partial charge in [0.2, 0.25) is 0 Å². The van der Waals surface area contributed by atoms with Gasteiger partial charge < -0.3 is 15.2 Å². The molecule has 0 fully saturated rings. The normalized spacial score (nSPS) is 36.5. The summed E-state index contributed by atoms with van der Waals surface area (Å²) < 4.78 is 11.8. The molecule has 4 atom stereocenters. The largest absolute Gasteiger partial charge is 0.493 e. The van der Waals surface area contributed by atoms with Crippen molar-refractivity contribution in [1.82, 2.24) is 0 Å². The molecule has 0 bridgehead atoms. The minimum Gasteiger partial charge on any atom is -0.493 e. The van der Waals surface area contributed by atoms with Gasteiger partial charge in [0.25, 0.3) is 0 Å². The van der Waals surface area contributed by atoms with E-state index in [0.717, 1.165) is 24.3 Å². The third kappa shape index (κ3) is 1.25. The first kappa shape index (κ1) is 12.3. The Hall–Kier alpha value is -1.48. The zero-order valence-electron chi connectivity index (χ0n) is 12.1. The molecular formula is C17H21NO2. The molecule has 3 heteroatoms. The Balaban J connectivity index is 2.02. The molecule has 0 saturated carbocycles. The zero-order chi connectivity index (χ0) is 13.9. The van der Waals surface area contributed by atoms with Crippen molar-refractivity contribution in [2.45, 2.75) is 43.7 Å². The molecule has 2 aliphatic carbocycles. The predicted molar refractivity (Wildman–Crippen MR) is 78.3 cm³/mol. The molecule has 0 radical (unpaired) electrons. The van der Waals surface area contributed by atoms with Crippen molar-refractivity contribution >= 4 is 0 Å². The zero-order valence-corrected chi connectivity index (χ0v) is 12.1. The topological polar surface area (TPSA) is 44.5 Å². The second kappa shape index (κ2) is 4.01. The van der Waals surface area contributed by atoms with Crippen molar-refractivity contribution in [3.05, 3.63) is 35.4 Å². The average Bonchev–Trinajstić information content (AvgIpc) is 2.85. The lowest BCUT2D eigenvalue weighted by Crippen LogP contribution is -2.56. The van der Waals surface area contributed by atoms with Crippen LogP contribution in [0.15, 0.2) is 24.3 Å². The van der Waals surface area contributed by atoms with Crippen LogP contribution in [-0.4, -0.2) is 19.3 Å². The van der Waals surface area contributed by atoms with E-state index in [-0.39, 0.29) is 17.6 Å². The lowest BCUT2D eigenvalue weighted by Gasteiger charge is -2.47. The van der Waals surface area contributed by atoms with Gasteiger partial charge in [0.1, 0.15) is 6.10 Å². The molecule has 2 N–H and O–H groups in total. The summed E-state index contributed by atoms with van der Waals surface area (Å²) in [5, 5.41) is 0. The monoisotopic (exact) mass is 271 g/mol. The third-order valence-electron chi connectivity index (χ3n) is 5.53. The number of ether oxygens (including phenoxy) is 2. The van der Waals surface area contributed by atoms with Gasteiger partial charge in [-0.05, 0) is 36.8 Å². The summed E-state index contributed by atoms with van der Waals surface area (Å²) >= 11 is 0. The maximum absolute atomic E-state index is 6.34. The second-order valence-electron chi connectivity index (χ2n) is 6.17. The highest BCUT2D eigenvalue weighted by molar-refractivity contribution is 5.61. The molecule has 3 nitrogen and oxygen atoms in total. The van der Waals surface area contributed by atoms with Gasteiger partial charge in [-0.25, -0.2) is 0 Å². The molecule has 1 unspecified atom stereocenters. The van der Waals surface area contributed by atoms with E-state index in [1.165, 1.54) is 17.5 Å². The predicted octanol–water partition coefficient (Wildman–Crippen LogP) is 2.56. The molecule has 1 heterocycles. The third-order valence-corrected chi connectivity index (χ3v) is 5.53. The Morgan fingerprint density at radius 2 is 2.25 bits per heavy atom. The molecular weight excluding hydrogens is 250 g/mol. The summed E-state index contributed by atoms with van der Waals surface area (Å²) in [5.41, 5.74) is 9.18. The van der Waals surface area contributed by atoms with Crippen molar-refractivity contribution < 1.29 is 9.47 Å². The maximum Gasteiger partial charge on any atom is 0.165 e. The summed E-state index contributed by atoms with van der Waals surface area (Å²) in [6, 6.07) is 4.21. The average molecular weight is 271 g/mol. The molecule has 1 aromatic rings. The van der Waals surface area contributed by atoms with Gasteiger partial charge in [-0.3, -0.25) is 0 Å². The summed E-state index contributed by atoms with van der Waals surface area (Å²) in [7, 11) is 1.71. The van der Waals surface area contributed by atoms with Crippen molar-refractivity contribution in [3.63, 3.8) is 0 Å². The van der Waals surface area contributed by atoms with E-state index >= 15 is 0 Å². The van der Waals surface area contributed by atoms with Crippen molar-refractivity contribution in [2.75, 3.05) is 7.11 Å². The van der Waals surface area contributed by atoms with Gasteiger partial charge >= 0.3 is 0 Å². The fraction of sp³-hybridized carbons (Fsp3) is 0.529. The van der Waals surface area contributed by atoms with E-state index in [2.05, 4.69) is 25.1 Å². The van der Waals surface area contributed by atoms with E-state index in [9.17, 15) is 0 Å². The summed E-state index contributed by atoms with van der Waals surface area (Å²) in [5.74, 6) is 2.33. The van der Waals surface area contributed by atoms with Crippen LogP contribution >= 0.6 is 0 Å². The van der Waals surface area contributed by atoms with Crippen LogP contribution in [-0.2, 0) is 11.8 Å². The number of hydrogen-bond acceptors (Lipinski definition) is 3. The summed E-state index contributed by atoms with van der Waals surface area (Å²) in [6.45, 7) is 2.26. The highest BCUT2D eigenvalue weighted by Crippen LogP contribution is 2.60. The Morgan fingerprint density at radius 3 is 3.00 bits per heavy atom. The quantitative estimate of drug-likeness (QED) is 0.841. The van der Waals surface area contributed by atoms with E-state index in [1.54, 1.807) is 7.11 Å². The molecule has 0 saturated heterocycles. The minimum atomic E-state index is -0.0331. The lowest BCUT2D eigenvalue weighted by molar-refractivity contribution is 0.0809. The molecule has 20 heavy (non-hydrogen) atoms. The van der Waals surface area contributed by atoms with E-state index in [1.807, 2.05) is 6.07 Å². The minimum absolute atomic E-state index is 0.0331. The standard InChI is InChI=1S/C17H21NO2/c1-3-17-11-6-4-10-5-9-13(19-2)15(14(10)17)20-16(17)12(18)8-7-11/h5,7-9,11-12,16H,3-4,6,18H2,1-2H3/t11?,12-,16-,17-/m0/s1. The number of nitrogens with two attached hydrogens (primary N) is 1. The van der Waals surface area contributed by atoms with Crippen LogP contribution in [0, 0.1) is 5.92 Å². The second-order valence-corrected chi connectivity index (χ2v) is 6.17. The number of aryl methyl sites for hydroxylation is 1. The fourth-order valence-corrected chi connectivity index (χ4v) is 4.63. The molecule has 0 spiro atoms. The smallest absolute Gasteiger partial charge is 0.165 e. The molecule has 1 aromatic carbocycles. The van der Waals surface area contributed by atoms with Gasteiger partial charge in [-0.2, -0.15) is 0 Å². The van der Waals surface area contributed by atoms with E-state index in [0.29, 0.717) is 5.92 Å². The molecule has 0 aromatic heterocycles. The first-order valence-corrected chi connectivity index (χ1v) is 7.53. The Morgan fingerprint density at radius 1 is 1.40 bits per heavy atom. The van der Waals surface area contributed by atoms with Gasteiger partial charge in [-0.15, -0.1) is 0 Å². The van der Waals surface area contributed by atoms with Crippen molar-refractivity contribution in [1.29, 1.82) is 0 Å². The van der Waals surface area contributed by atoms with E-state index in [4.69, 9.17) is 15.2 Å². The highest BCUT2D eigenvalue weighted by atomic mass is 16.5. The first-order chi connectivity index (χ1) is 9.72. The van der Waals surface area contributed by atoms with Crippen LogP contribution in [0.4, 0.5) is 0 Å². The van der Waals surface area contributed by atoms with Crippen LogP contribution in [0.5, 0.6) is 11.5 Å². The van der Waals surface area contributed by atoms with Gasteiger partial charge in [0.05, 0.1) is 13.2 Å².